The molecule has 0 amide bonds. The summed E-state index contributed by atoms with van der Waals surface area (Å²) in [6, 6.07) is 11.7. The molecule has 1 atom stereocenters. The molecule has 2 nitrogen and oxygen atoms in total. The number of aliphatic hydroxyl groups is 1. The van der Waals surface area contributed by atoms with Gasteiger partial charge < -0.3 is 5.11 Å². The first-order valence-corrected chi connectivity index (χ1v) is 4.94. The molecule has 0 saturated heterocycles. The van der Waals surface area contributed by atoms with Crippen LogP contribution in [0.25, 0.3) is 10.8 Å². The van der Waals surface area contributed by atoms with Gasteiger partial charge in [-0.1, -0.05) is 24.3 Å². The number of hydrogen-bond donors (Lipinski definition) is 1. The van der Waals surface area contributed by atoms with E-state index in [0.717, 1.165) is 21.9 Å². The van der Waals surface area contributed by atoms with Crippen LogP contribution in [0.4, 0.5) is 0 Å². The van der Waals surface area contributed by atoms with Gasteiger partial charge in [0.2, 0.25) is 0 Å². The highest BCUT2D eigenvalue weighted by Gasteiger charge is 2.22. The van der Waals surface area contributed by atoms with Crippen LogP contribution in [-0.4, -0.2) is 5.11 Å². The monoisotopic (exact) mass is 195 g/mol. The van der Waals surface area contributed by atoms with Gasteiger partial charge in [0.25, 0.3) is 0 Å². The standard InChI is InChI=1S/C13H9NO/c14-7-9-5-4-8-6-12(15)11-3-1-2-10(9)13(8)11/h1-5,12,15H,6H2. The highest BCUT2D eigenvalue weighted by molar-refractivity contribution is 5.95. The van der Waals surface area contributed by atoms with Crippen molar-refractivity contribution in [2.75, 3.05) is 0 Å². The molecule has 1 N–H and O–H groups in total. The molecule has 3 rings (SSSR count). The molecule has 72 valence electrons. The lowest BCUT2D eigenvalue weighted by Gasteiger charge is -2.03. The third kappa shape index (κ3) is 1.01. The normalized spacial score (nSPS) is 18.0. The number of rotatable bonds is 0. The van der Waals surface area contributed by atoms with E-state index in [1.165, 1.54) is 0 Å². The minimum absolute atomic E-state index is 0.405. The predicted molar refractivity (Wildman–Crippen MR) is 57.3 cm³/mol. The van der Waals surface area contributed by atoms with Crippen LogP contribution >= 0.6 is 0 Å². The lowest BCUT2D eigenvalue weighted by Crippen LogP contribution is -1.91. The molecule has 1 aliphatic carbocycles. The van der Waals surface area contributed by atoms with Gasteiger partial charge in [-0.15, -0.1) is 0 Å². The van der Waals surface area contributed by atoms with E-state index < -0.39 is 6.10 Å². The summed E-state index contributed by atoms with van der Waals surface area (Å²) in [5.41, 5.74) is 2.79. The first kappa shape index (κ1) is 8.46. The van der Waals surface area contributed by atoms with Crippen molar-refractivity contribution in [3.8, 4) is 6.07 Å². The maximum atomic E-state index is 9.85. The van der Waals surface area contributed by atoms with Gasteiger partial charge in [-0.2, -0.15) is 5.26 Å². The molecule has 0 fully saturated rings. The molecule has 2 aromatic rings. The molecule has 0 spiro atoms. The number of hydrogen-bond acceptors (Lipinski definition) is 2. The Hall–Kier alpha value is -1.85. The zero-order chi connectivity index (χ0) is 10.4. The number of nitrogens with zero attached hydrogens (tertiary/aromatic N) is 1. The highest BCUT2D eigenvalue weighted by Crippen LogP contribution is 2.37. The van der Waals surface area contributed by atoms with Gasteiger partial charge in [-0.3, -0.25) is 0 Å². The molecule has 1 aliphatic rings. The molecular formula is C13H9NO. The molecule has 0 saturated carbocycles. The van der Waals surface area contributed by atoms with Crippen LogP contribution < -0.4 is 0 Å². The summed E-state index contributed by atoms with van der Waals surface area (Å²) in [4.78, 5) is 0. The van der Waals surface area contributed by atoms with Gasteiger partial charge in [0.05, 0.1) is 17.7 Å². The van der Waals surface area contributed by atoms with E-state index >= 15 is 0 Å². The number of aliphatic hydroxyl groups excluding tert-OH is 1. The van der Waals surface area contributed by atoms with Gasteiger partial charge in [0.15, 0.2) is 0 Å². The maximum absolute atomic E-state index is 9.85. The SMILES string of the molecule is N#Cc1ccc2c3c(cccc13)C(O)C2. The Balaban J connectivity index is 2.51. The summed E-state index contributed by atoms with van der Waals surface area (Å²) in [7, 11) is 0. The third-order valence-corrected chi connectivity index (χ3v) is 3.05. The Kier molecular flexibility index (Phi) is 1.59. The summed E-state index contributed by atoms with van der Waals surface area (Å²) in [5, 5.41) is 20.9. The predicted octanol–water partition coefficient (Wildman–Crippen LogP) is 2.30. The van der Waals surface area contributed by atoms with Crippen molar-refractivity contribution >= 4 is 10.8 Å². The lowest BCUT2D eigenvalue weighted by molar-refractivity contribution is 0.185. The molecule has 0 aliphatic heterocycles. The van der Waals surface area contributed by atoms with E-state index in [4.69, 9.17) is 5.26 Å². The van der Waals surface area contributed by atoms with Gasteiger partial charge in [0.1, 0.15) is 0 Å². The van der Waals surface area contributed by atoms with Crippen LogP contribution in [0.5, 0.6) is 0 Å². The van der Waals surface area contributed by atoms with Crippen LogP contribution in [0.1, 0.15) is 22.8 Å². The minimum Gasteiger partial charge on any atom is -0.388 e. The molecule has 0 heterocycles. The van der Waals surface area contributed by atoms with E-state index in [1.807, 2.05) is 30.3 Å². The van der Waals surface area contributed by atoms with E-state index in [1.54, 1.807) is 0 Å². The summed E-state index contributed by atoms with van der Waals surface area (Å²) in [6.07, 6.45) is 0.263. The molecule has 1 unspecified atom stereocenters. The Morgan fingerprint density at radius 2 is 2.13 bits per heavy atom. The van der Waals surface area contributed by atoms with E-state index in [9.17, 15) is 5.11 Å². The lowest BCUT2D eigenvalue weighted by atomic mass is 10.0. The molecule has 2 heteroatoms. The van der Waals surface area contributed by atoms with Crippen molar-refractivity contribution in [1.29, 1.82) is 5.26 Å². The Morgan fingerprint density at radius 3 is 2.93 bits per heavy atom. The second kappa shape index (κ2) is 2.82. The van der Waals surface area contributed by atoms with Crippen LogP contribution in [0.2, 0.25) is 0 Å². The van der Waals surface area contributed by atoms with Crippen molar-refractivity contribution in [2.24, 2.45) is 0 Å². The largest absolute Gasteiger partial charge is 0.388 e. The Labute approximate surface area is 87.4 Å². The van der Waals surface area contributed by atoms with E-state index in [-0.39, 0.29) is 0 Å². The van der Waals surface area contributed by atoms with Gasteiger partial charge in [0, 0.05) is 11.8 Å². The summed E-state index contributed by atoms with van der Waals surface area (Å²) in [5.74, 6) is 0. The first-order valence-electron chi connectivity index (χ1n) is 4.94. The highest BCUT2D eigenvalue weighted by atomic mass is 16.3. The van der Waals surface area contributed by atoms with Crippen molar-refractivity contribution in [3.05, 3.63) is 47.0 Å². The van der Waals surface area contributed by atoms with Crippen LogP contribution in [0, 0.1) is 11.3 Å². The van der Waals surface area contributed by atoms with Crippen molar-refractivity contribution in [1.82, 2.24) is 0 Å². The third-order valence-electron chi connectivity index (χ3n) is 3.05. The number of benzene rings is 2. The maximum Gasteiger partial charge on any atom is 0.0998 e. The van der Waals surface area contributed by atoms with Gasteiger partial charge in [-0.05, 0) is 22.6 Å². The topological polar surface area (TPSA) is 44.0 Å². The Bertz CT molecular complexity index is 595. The van der Waals surface area contributed by atoms with Crippen molar-refractivity contribution in [3.63, 3.8) is 0 Å². The average Bonchev–Trinajstić information content (AvgIpc) is 2.59. The minimum atomic E-state index is -0.405. The molecule has 2 aromatic carbocycles. The first-order chi connectivity index (χ1) is 7.31. The second-order valence-electron chi connectivity index (χ2n) is 3.87. The fourth-order valence-corrected chi connectivity index (χ4v) is 2.37. The van der Waals surface area contributed by atoms with Crippen molar-refractivity contribution in [2.45, 2.75) is 12.5 Å². The van der Waals surface area contributed by atoms with Crippen LogP contribution in [-0.2, 0) is 6.42 Å². The fourth-order valence-electron chi connectivity index (χ4n) is 2.37. The number of nitriles is 1. The summed E-state index contributed by atoms with van der Waals surface area (Å²) in [6.45, 7) is 0. The molecule has 0 radical (unpaired) electrons. The van der Waals surface area contributed by atoms with Crippen LogP contribution in [0.3, 0.4) is 0 Å². The van der Waals surface area contributed by atoms with E-state index in [2.05, 4.69) is 6.07 Å². The molecule has 0 aromatic heterocycles. The molecule has 15 heavy (non-hydrogen) atoms. The fraction of sp³-hybridized carbons (Fsp3) is 0.154. The Morgan fingerprint density at radius 1 is 1.27 bits per heavy atom. The smallest absolute Gasteiger partial charge is 0.0998 e. The second-order valence-corrected chi connectivity index (χ2v) is 3.87. The quantitative estimate of drug-likeness (QED) is 0.701. The van der Waals surface area contributed by atoms with Crippen molar-refractivity contribution < 1.29 is 5.11 Å². The van der Waals surface area contributed by atoms with E-state index in [0.29, 0.717) is 12.0 Å². The van der Waals surface area contributed by atoms with Gasteiger partial charge in [-0.25, -0.2) is 0 Å². The van der Waals surface area contributed by atoms with Gasteiger partial charge >= 0.3 is 0 Å². The molecule has 0 bridgehead atoms. The average molecular weight is 195 g/mol. The summed E-state index contributed by atoms with van der Waals surface area (Å²) >= 11 is 0. The van der Waals surface area contributed by atoms with Crippen LogP contribution in [0.15, 0.2) is 30.3 Å². The molecular weight excluding hydrogens is 186 g/mol. The summed E-state index contributed by atoms with van der Waals surface area (Å²) < 4.78 is 0. The zero-order valence-corrected chi connectivity index (χ0v) is 8.07. The zero-order valence-electron chi connectivity index (χ0n) is 8.07.